The molecule has 1 saturated heterocycles. The van der Waals surface area contributed by atoms with Crippen molar-refractivity contribution in [3.8, 4) is 0 Å². The Balaban J connectivity index is 1.18. The van der Waals surface area contributed by atoms with E-state index in [1.165, 1.54) is 42.3 Å². The molecule has 3 aliphatic rings. The van der Waals surface area contributed by atoms with Crippen LogP contribution in [0.5, 0.6) is 0 Å². The highest BCUT2D eigenvalue weighted by Crippen LogP contribution is 2.37. The average Bonchev–Trinajstić information content (AvgIpc) is 3.57. The zero-order valence-corrected chi connectivity index (χ0v) is 20.0. The van der Waals surface area contributed by atoms with Gasteiger partial charge in [-0.3, -0.25) is 15.2 Å². The number of rotatable bonds is 6. The van der Waals surface area contributed by atoms with Crippen LogP contribution in [-0.4, -0.2) is 74.6 Å². The molecule has 0 unspecified atom stereocenters. The minimum Gasteiger partial charge on any atom is -0.352 e. The van der Waals surface area contributed by atoms with Gasteiger partial charge in [0.2, 0.25) is 0 Å². The number of likely N-dealkylation sites (N-methyl/N-ethyl adjacent to an activating group) is 1. The van der Waals surface area contributed by atoms with E-state index in [1.807, 2.05) is 30.4 Å². The third-order valence-electron chi connectivity index (χ3n) is 7.25. The molecule has 2 fully saturated rings. The lowest BCUT2D eigenvalue weighted by molar-refractivity contribution is 0.230. The number of piperazine rings is 1. The highest BCUT2D eigenvalue weighted by atomic mass is 32.2. The van der Waals surface area contributed by atoms with Crippen LogP contribution in [0.15, 0.2) is 35.8 Å². The van der Waals surface area contributed by atoms with E-state index in [-0.39, 0.29) is 5.50 Å². The summed E-state index contributed by atoms with van der Waals surface area (Å²) in [6, 6.07) is 2.61. The van der Waals surface area contributed by atoms with Gasteiger partial charge in [-0.25, -0.2) is 9.97 Å². The molecule has 1 atom stereocenters. The quantitative estimate of drug-likeness (QED) is 0.577. The van der Waals surface area contributed by atoms with Crippen molar-refractivity contribution in [2.24, 2.45) is 0 Å². The first kappa shape index (κ1) is 21.3. The number of fused-ring (bicyclic) bond motifs is 3. The molecular formula is C24H32N8S. The maximum Gasteiger partial charge on any atom is 0.145 e. The molecule has 1 saturated carbocycles. The number of nitrogens with zero attached hydrogens (tertiary/aromatic N) is 6. The van der Waals surface area contributed by atoms with E-state index in [2.05, 4.69) is 48.5 Å². The van der Waals surface area contributed by atoms with Crippen molar-refractivity contribution in [2.75, 3.05) is 39.8 Å². The molecule has 0 radical (unpaired) electrons. The third-order valence-corrected chi connectivity index (χ3v) is 8.40. The van der Waals surface area contributed by atoms with E-state index in [0.717, 1.165) is 49.6 Å². The van der Waals surface area contributed by atoms with Gasteiger partial charge in [0.1, 0.15) is 17.0 Å². The van der Waals surface area contributed by atoms with Crippen LogP contribution >= 0.6 is 11.8 Å². The highest BCUT2D eigenvalue weighted by molar-refractivity contribution is 8.02. The topological polar surface area (TPSA) is 74.1 Å². The Hall–Kier alpha value is -2.20. The maximum atomic E-state index is 5.06. The Morgan fingerprint density at radius 1 is 1.15 bits per heavy atom. The summed E-state index contributed by atoms with van der Waals surface area (Å²) in [4.78, 5) is 19.1. The van der Waals surface area contributed by atoms with Crippen molar-refractivity contribution in [2.45, 2.75) is 43.8 Å². The molecule has 3 aromatic heterocycles. The minimum atomic E-state index is 0.215. The van der Waals surface area contributed by atoms with E-state index in [0.29, 0.717) is 12.6 Å². The highest BCUT2D eigenvalue weighted by Gasteiger charge is 2.26. The molecular weight excluding hydrogens is 432 g/mol. The van der Waals surface area contributed by atoms with Gasteiger partial charge < -0.3 is 14.8 Å². The molecule has 0 amide bonds. The van der Waals surface area contributed by atoms with Gasteiger partial charge in [0.25, 0.3) is 0 Å². The first-order chi connectivity index (χ1) is 16.3. The molecule has 1 aliphatic carbocycles. The first-order valence-electron chi connectivity index (χ1n) is 12.1. The van der Waals surface area contributed by atoms with Crippen LogP contribution in [0.3, 0.4) is 0 Å². The Labute approximate surface area is 198 Å². The largest absolute Gasteiger partial charge is 0.352 e. The molecule has 2 aliphatic heterocycles. The molecule has 2 N–H and O–H groups in total. The summed E-state index contributed by atoms with van der Waals surface area (Å²) in [6.07, 6.45) is 10.9. The molecule has 6 rings (SSSR count). The van der Waals surface area contributed by atoms with E-state index in [9.17, 15) is 0 Å². The fourth-order valence-electron chi connectivity index (χ4n) is 5.40. The maximum absolute atomic E-state index is 5.06. The van der Waals surface area contributed by atoms with Crippen LogP contribution in [0.4, 0.5) is 0 Å². The second kappa shape index (κ2) is 9.21. The van der Waals surface area contributed by atoms with Crippen LogP contribution in [-0.2, 0) is 6.54 Å². The molecule has 3 aromatic rings. The summed E-state index contributed by atoms with van der Waals surface area (Å²) >= 11 is 1.84. The number of aromatic nitrogens is 4. The minimum absolute atomic E-state index is 0.215. The fraction of sp³-hybridized carbons (Fsp3) is 0.542. The van der Waals surface area contributed by atoms with Gasteiger partial charge in [-0.15, -0.1) is 0 Å². The van der Waals surface area contributed by atoms with Crippen molar-refractivity contribution in [3.05, 3.63) is 41.6 Å². The number of thioether (sulfide) groups is 1. The number of hydrogen-bond donors (Lipinski definition) is 2. The zero-order valence-electron chi connectivity index (χ0n) is 19.2. The molecule has 0 bridgehead atoms. The van der Waals surface area contributed by atoms with Crippen molar-refractivity contribution >= 4 is 33.7 Å². The van der Waals surface area contributed by atoms with Gasteiger partial charge in [0.15, 0.2) is 0 Å². The molecule has 5 heterocycles. The third kappa shape index (κ3) is 4.12. The Kier molecular flexibility index (Phi) is 5.96. The van der Waals surface area contributed by atoms with E-state index >= 15 is 0 Å². The smallest absolute Gasteiger partial charge is 0.145 e. The number of pyridine rings is 1. The van der Waals surface area contributed by atoms with E-state index in [1.54, 1.807) is 0 Å². The number of nitrogens with one attached hydrogen (secondary N) is 2. The van der Waals surface area contributed by atoms with Crippen molar-refractivity contribution in [1.29, 1.82) is 0 Å². The van der Waals surface area contributed by atoms with Gasteiger partial charge in [-0.05, 0) is 24.3 Å². The molecule has 9 heteroatoms. The molecule has 0 aromatic carbocycles. The Bertz CT molecular complexity index is 1160. The van der Waals surface area contributed by atoms with Crippen LogP contribution in [0.2, 0.25) is 0 Å². The Morgan fingerprint density at radius 2 is 2.00 bits per heavy atom. The van der Waals surface area contributed by atoms with Gasteiger partial charge >= 0.3 is 0 Å². The van der Waals surface area contributed by atoms with E-state index < -0.39 is 0 Å². The summed E-state index contributed by atoms with van der Waals surface area (Å²) in [7, 11) is 2.18. The average molecular weight is 465 g/mol. The molecule has 8 nitrogen and oxygen atoms in total. The van der Waals surface area contributed by atoms with Crippen molar-refractivity contribution in [1.82, 2.24) is 40.0 Å². The van der Waals surface area contributed by atoms with Gasteiger partial charge in [-0.1, -0.05) is 24.6 Å². The molecule has 33 heavy (non-hydrogen) atoms. The summed E-state index contributed by atoms with van der Waals surface area (Å²) in [5.41, 5.74) is 3.84. The van der Waals surface area contributed by atoms with E-state index in [4.69, 9.17) is 9.97 Å². The predicted molar refractivity (Wildman–Crippen MR) is 134 cm³/mol. The van der Waals surface area contributed by atoms with Crippen molar-refractivity contribution in [3.63, 3.8) is 0 Å². The zero-order chi connectivity index (χ0) is 22.2. The standard InChI is InChI=1S/C24H32N8S/c1-30-18(15-31-10-8-25-9-11-31)16-33-24(30)28-14-22-27-12-20-19-6-7-26-13-21(19)32(23(20)29-22)17-4-2-3-5-17/h6-7,12-13,16-17,24-25,28H,2-5,8-11,14-15H2,1H3/t24-/m1/s1. The van der Waals surface area contributed by atoms with Crippen LogP contribution in [0.25, 0.3) is 21.9 Å². The van der Waals surface area contributed by atoms with Gasteiger partial charge in [0.05, 0.1) is 18.3 Å². The summed E-state index contributed by atoms with van der Waals surface area (Å²) < 4.78 is 2.43. The summed E-state index contributed by atoms with van der Waals surface area (Å²) in [5.74, 6) is 0.849. The second-order valence-corrected chi connectivity index (χ2v) is 10.3. The predicted octanol–water partition coefficient (Wildman–Crippen LogP) is 2.89. The van der Waals surface area contributed by atoms with Gasteiger partial charge in [-0.2, -0.15) is 0 Å². The lowest BCUT2D eigenvalue weighted by atomic mass is 10.2. The van der Waals surface area contributed by atoms with Crippen LogP contribution < -0.4 is 10.6 Å². The SMILES string of the molecule is CN1C(CN2CCNCC2)=CS[C@@H]1NCc1ncc2c3ccncc3n(C3CCCC3)c2n1. The first-order valence-corrected chi connectivity index (χ1v) is 13.1. The van der Waals surface area contributed by atoms with Gasteiger partial charge in [0, 0.05) is 74.7 Å². The number of hydrogen-bond acceptors (Lipinski definition) is 8. The van der Waals surface area contributed by atoms with Crippen LogP contribution in [0.1, 0.15) is 37.5 Å². The monoisotopic (exact) mass is 464 g/mol. The summed E-state index contributed by atoms with van der Waals surface area (Å²) in [6.45, 7) is 6.07. The van der Waals surface area contributed by atoms with Crippen molar-refractivity contribution < 1.29 is 0 Å². The lowest BCUT2D eigenvalue weighted by Gasteiger charge is -2.31. The fourth-order valence-corrected chi connectivity index (χ4v) is 6.42. The van der Waals surface area contributed by atoms with Crippen LogP contribution in [0, 0.1) is 0 Å². The normalized spacial score (nSPS) is 22.6. The second-order valence-electron chi connectivity index (χ2n) is 9.34. The Morgan fingerprint density at radius 3 is 2.85 bits per heavy atom. The lowest BCUT2D eigenvalue weighted by Crippen LogP contribution is -2.46. The molecule has 0 spiro atoms. The summed E-state index contributed by atoms with van der Waals surface area (Å²) in [5, 5.41) is 11.7. The molecule has 174 valence electrons.